The van der Waals surface area contributed by atoms with Gasteiger partial charge in [-0.15, -0.1) is 0 Å². The van der Waals surface area contributed by atoms with Crippen LogP contribution in [0.3, 0.4) is 0 Å². The minimum absolute atomic E-state index is 0.966. The minimum atomic E-state index is -1.63. The lowest BCUT2D eigenvalue weighted by molar-refractivity contribution is 0.448. The van der Waals surface area contributed by atoms with Crippen LogP contribution in [0.5, 0.6) is 0 Å². The molecule has 0 saturated heterocycles. The molecule has 0 aromatic carbocycles. The van der Waals surface area contributed by atoms with Crippen LogP contribution in [0.1, 0.15) is 85.0 Å². The maximum atomic E-state index is 6.62. The van der Waals surface area contributed by atoms with Crippen molar-refractivity contribution < 1.29 is 4.52 Å². The summed E-state index contributed by atoms with van der Waals surface area (Å²) in [4.78, 5) is 0. The van der Waals surface area contributed by atoms with Gasteiger partial charge >= 0.3 is 0 Å². The Morgan fingerprint density at radius 2 is 1.52 bits per heavy atom. The van der Waals surface area contributed by atoms with Crippen molar-refractivity contribution in [2.24, 2.45) is 4.74 Å². The van der Waals surface area contributed by atoms with Crippen molar-refractivity contribution in [1.29, 1.82) is 0 Å². The highest BCUT2D eigenvalue weighted by molar-refractivity contribution is 7.61. The molecule has 0 spiro atoms. The third kappa shape index (κ3) is 8.80. The first-order valence-electron chi connectivity index (χ1n) is 9.87. The fourth-order valence-corrected chi connectivity index (χ4v) is 6.18. The Balaban J connectivity index is 2.78. The van der Waals surface area contributed by atoms with Gasteiger partial charge in [0.05, 0.1) is 0 Å². The molecule has 0 amide bonds. The first kappa shape index (κ1) is 20.6. The topological polar surface area (TPSA) is 21.6 Å². The summed E-state index contributed by atoms with van der Waals surface area (Å²) in [6.45, 7) is 7.82. The molecule has 0 bridgehead atoms. The van der Waals surface area contributed by atoms with Gasteiger partial charge in [0.2, 0.25) is 0 Å². The fraction of sp³-hybridized carbons (Fsp3) is 0.800. The van der Waals surface area contributed by atoms with Gasteiger partial charge in [-0.05, 0) is 25.3 Å². The molecule has 3 heteroatoms. The van der Waals surface area contributed by atoms with Crippen LogP contribution < -0.4 is 0 Å². The second-order valence-corrected chi connectivity index (χ2v) is 9.69. The van der Waals surface area contributed by atoms with Crippen molar-refractivity contribution in [2.45, 2.75) is 85.0 Å². The van der Waals surface area contributed by atoms with Gasteiger partial charge in [0.25, 0.3) is 0 Å². The lowest BCUT2D eigenvalue weighted by atomic mass is 10.3. The maximum absolute atomic E-state index is 6.62. The monoisotopic (exact) mass is 339 g/mol. The fourth-order valence-electron chi connectivity index (χ4n) is 2.92. The first-order valence-corrected chi connectivity index (χ1v) is 11.9. The Labute approximate surface area is 144 Å². The van der Waals surface area contributed by atoms with E-state index in [1.165, 1.54) is 70.1 Å². The Morgan fingerprint density at radius 1 is 0.913 bits per heavy atom. The molecule has 1 aliphatic rings. The van der Waals surface area contributed by atoms with Crippen molar-refractivity contribution in [1.82, 2.24) is 0 Å². The normalized spacial score (nSPS) is 14.1. The lowest BCUT2D eigenvalue weighted by Gasteiger charge is -2.27. The molecule has 0 aromatic heterocycles. The molecule has 1 rings (SSSR count). The molecule has 0 N–H and O–H groups in total. The number of nitrogens with zero attached hydrogens (tertiary/aromatic N) is 1. The standard InChI is InChI=1S/C20H38NOP/c1-4-7-12-17-21-23(18-13-8-5-2,19-14-9-6-3)22-20-15-10-11-16-20/h10-11,15H,4-9,12-14,16-19H2,1-3H3. The lowest BCUT2D eigenvalue weighted by Crippen LogP contribution is -2.03. The van der Waals surface area contributed by atoms with E-state index in [1.54, 1.807) is 0 Å². The van der Waals surface area contributed by atoms with E-state index < -0.39 is 7.28 Å². The number of hydrogen-bond donors (Lipinski definition) is 0. The third-order valence-corrected chi connectivity index (χ3v) is 7.69. The van der Waals surface area contributed by atoms with Gasteiger partial charge in [-0.2, -0.15) is 0 Å². The maximum Gasteiger partial charge on any atom is 0.133 e. The Kier molecular flexibility index (Phi) is 11.5. The van der Waals surface area contributed by atoms with E-state index in [9.17, 15) is 0 Å². The SMILES string of the molecule is CCCCCN=P(CCCCC)(CCCCC)OC1=CC=CC1. The summed E-state index contributed by atoms with van der Waals surface area (Å²) in [7, 11) is -1.63. The van der Waals surface area contributed by atoms with E-state index in [-0.39, 0.29) is 0 Å². The molecule has 1 aliphatic carbocycles. The second-order valence-electron chi connectivity index (χ2n) is 6.64. The molecule has 23 heavy (non-hydrogen) atoms. The smallest absolute Gasteiger partial charge is 0.133 e. The molecule has 0 saturated carbocycles. The summed E-state index contributed by atoms with van der Waals surface area (Å²) in [5.74, 6) is 1.16. The Bertz CT molecular complexity index is 398. The van der Waals surface area contributed by atoms with Gasteiger partial charge in [0.1, 0.15) is 13.0 Å². The molecule has 2 nitrogen and oxygen atoms in total. The number of rotatable bonds is 14. The van der Waals surface area contributed by atoms with Crippen LogP contribution >= 0.6 is 7.28 Å². The van der Waals surface area contributed by atoms with Crippen LogP contribution in [0.25, 0.3) is 0 Å². The zero-order valence-corrected chi connectivity index (χ0v) is 16.6. The number of allylic oxidation sites excluding steroid dienone is 3. The highest BCUT2D eigenvalue weighted by atomic mass is 31.2. The summed E-state index contributed by atoms with van der Waals surface area (Å²) in [6, 6.07) is 0. The summed E-state index contributed by atoms with van der Waals surface area (Å²) in [5, 5.41) is 0. The molecule has 0 unspecified atom stereocenters. The predicted octanol–water partition coefficient (Wildman–Crippen LogP) is 7.53. The molecule has 0 aromatic rings. The van der Waals surface area contributed by atoms with Crippen molar-refractivity contribution in [3.8, 4) is 0 Å². The van der Waals surface area contributed by atoms with Crippen LogP contribution in [0.4, 0.5) is 0 Å². The average Bonchev–Trinajstić information content (AvgIpc) is 3.05. The quantitative estimate of drug-likeness (QED) is 0.237. The molecule has 0 radical (unpaired) electrons. The van der Waals surface area contributed by atoms with Gasteiger partial charge in [0, 0.05) is 25.3 Å². The van der Waals surface area contributed by atoms with E-state index in [1.807, 2.05) is 0 Å². The summed E-state index contributed by atoms with van der Waals surface area (Å²) in [6.07, 6.45) is 21.3. The van der Waals surface area contributed by atoms with Crippen LogP contribution in [0.2, 0.25) is 0 Å². The average molecular weight is 340 g/mol. The van der Waals surface area contributed by atoms with Gasteiger partial charge in [-0.1, -0.05) is 71.4 Å². The van der Waals surface area contributed by atoms with Gasteiger partial charge < -0.3 is 4.52 Å². The summed E-state index contributed by atoms with van der Waals surface area (Å²) < 4.78 is 11.8. The van der Waals surface area contributed by atoms with Gasteiger partial charge in [-0.25, -0.2) is 0 Å². The molecule has 0 fully saturated rings. The molecule has 134 valence electrons. The van der Waals surface area contributed by atoms with Crippen LogP contribution in [0.15, 0.2) is 28.7 Å². The van der Waals surface area contributed by atoms with E-state index >= 15 is 0 Å². The Hall–Kier alpha value is -0.490. The van der Waals surface area contributed by atoms with Crippen molar-refractivity contribution in [3.63, 3.8) is 0 Å². The second kappa shape index (κ2) is 12.9. The van der Waals surface area contributed by atoms with E-state index in [0.29, 0.717) is 0 Å². The number of hydrogen-bond acceptors (Lipinski definition) is 2. The third-order valence-electron chi connectivity index (χ3n) is 4.37. The van der Waals surface area contributed by atoms with Gasteiger partial charge in [0.15, 0.2) is 0 Å². The summed E-state index contributed by atoms with van der Waals surface area (Å²) in [5.41, 5.74) is 0. The number of unbranched alkanes of at least 4 members (excludes halogenated alkanes) is 6. The zero-order valence-electron chi connectivity index (χ0n) is 15.7. The predicted molar refractivity (Wildman–Crippen MR) is 105 cm³/mol. The van der Waals surface area contributed by atoms with Crippen molar-refractivity contribution in [3.05, 3.63) is 24.0 Å². The molecule has 0 atom stereocenters. The Morgan fingerprint density at radius 3 is 2.04 bits per heavy atom. The van der Waals surface area contributed by atoms with Crippen LogP contribution in [-0.2, 0) is 4.52 Å². The molecule has 0 aliphatic heterocycles. The molecule has 0 heterocycles. The molecular formula is C20H38NOP. The van der Waals surface area contributed by atoms with E-state index in [4.69, 9.17) is 9.27 Å². The van der Waals surface area contributed by atoms with Crippen LogP contribution in [-0.4, -0.2) is 18.9 Å². The first-order chi connectivity index (χ1) is 11.3. The van der Waals surface area contributed by atoms with Gasteiger partial charge in [-0.3, -0.25) is 4.74 Å². The van der Waals surface area contributed by atoms with Crippen molar-refractivity contribution >= 4 is 7.28 Å². The highest BCUT2D eigenvalue weighted by Gasteiger charge is 2.22. The zero-order chi connectivity index (χ0) is 16.8. The van der Waals surface area contributed by atoms with E-state index in [0.717, 1.165) is 18.7 Å². The van der Waals surface area contributed by atoms with Crippen LogP contribution in [0, 0.1) is 0 Å². The highest BCUT2D eigenvalue weighted by Crippen LogP contribution is 2.55. The molecular weight excluding hydrogens is 301 g/mol. The summed E-state index contributed by atoms with van der Waals surface area (Å²) >= 11 is 0. The van der Waals surface area contributed by atoms with E-state index in [2.05, 4.69) is 39.0 Å². The largest absolute Gasteiger partial charge is 0.464 e. The van der Waals surface area contributed by atoms with Crippen molar-refractivity contribution in [2.75, 3.05) is 18.9 Å². The minimum Gasteiger partial charge on any atom is -0.464 e.